The van der Waals surface area contributed by atoms with Crippen LogP contribution in [0, 0.1) is 0 Å². The van der Waals surface area contributed by atoms with Crippen LogP contribution in [0.4, 0.5) is 4.79 Å². The fourth-order valence-corrected chi connectivity index (χ4v) is 2.39. The van der Waals surface area contributed by atoms with Crippen LogP contribution in [0.25, 0.3) is 0 Å². The lowest BCUT2D eigenvalue weighted by Crippen LogP contribution is -2.49. The molecule has 1 amide bonds. The fraction of sp³-hybridized carbons (Fsp3) is 0.833. The van der Waals surface area contributed by atoms with Crippen molar-refractivity contribution in [1.29, 1.82) is 0 Å². The molecule has 2 fully saturated rings. The highest BCUT2D eigenvalue weighted by molar-refractivity contribution is 7.80. The molecule has 0 radical (unpaired) electrons. The molecule has 1 aliphatic heterocycles. The number of hydrogen-bond donors (Lipinski definition) is 2. The van der Waals surface area contributed by atoms with Crippen molar-refractivity contribution in [3.63, 3.8) is 0 Å². The number of hydrogen-bond acceptors (Lipinski definition) is 3. The molecule has 18 heavy (non-hydrogen) atoms. The van der Waals surface area contributed by atoms with Crippen LogP contribution in [-0.2, 0) is 4.74 Å². The maximum absolute atomic E-state index is 11.5. The Hall–Kier alpha value is -1.04. The Morgan fingerprint density at radius 3 is 2.28 bits per heavy atom. The lowest BCUT2D eigenvalue weighted by atomic mass is 10.1. The van der Waals surface area contributed by atoms with Crippen molar-refractivity contribution in [3.8, 4) is 0 Å². The SMILES string of the molecule is CCOC(=O)N1CCC(NC(=S)NC2CC2)CC1. The summed E-state index contributed by atoms with van der Waals surface area (Å²) in [6.07, 6.45) is 4.10. The van der Waals surface area contributed by atoms with Gasteiger partial charge in [0.25, 0.3) is 0 Å². The number of amides is 1. The van der Waals surface area contributed by atoms with E-state index in [1.165, 1.54) is 12.8 Å². The van der Waals surface area contributed by atoms with Gasteiger partial charge in [-0.3, -0.25) is 0 Å². The maximum atomic E-state index is 11.5. The summed E-state index contributed by atoms with van der Waals surface area (Å²) >= 11 is 5.25. The van der Waals surface area contributed by atoms with Crippen molar-refractivity contribution in [1.82, 2.24) is 15.5 Å². The van der Waals surface area contributed by atoms with Crippen LogP contribution in [0.3, 0.4) is 0 Å². The minimum atomic E-state index is -0.199. The Morgan fingerprint density at radius 2 is 1.78 bits per heavy atom. The molecular formula is C12H21N3O2S. The first kappa shape index (κ1) is 13.4. The molecule has 0 bridgehead atoms. The number of thiocarbonyl (C=S) groups is 1. The largest absolute Gasteiger partial charge is 0.450 e. The van der Waals surface area contributed by atoms with Gasteiger partial charge in [-0.15, -0.1) is 0 Å². The second-order valence-corrected chi connectivity index (χ2v) is 5.26. The van der Waals surface area contributed by atoms with E-state index in [0.29, 0.717) is 18.7 Å². The highest BCUT2D eigenvalue weighted by Gasteiger charge is 2.26. The van der Waals surface area contributed by atoms with E-state index < -0.39 is 0 Å². The van der Waals surface area contributed by atoms with Gasteiger partial charge in [-0.2, -0.15) is 0 Å². The fourth-order valence-electron chi connectivity index (χ4n) is 2.06. The minimum Gasteiger partial charge on any atom is -0.450 e. The third-order valence-electron chi connectivity index (χ3n) is 3.27. The highest BCUT2D eigenvalue weighted by atomic mass is 32.1. The topological polar surface area (TPSA) is 53.6 Å². The molecule has 6 heteroatoms. The number of carbonyl (C=O) groups excluding carboxylic acids is 1. The van der Waals surface area contributed by atoms with Crippen LogP contribution < -0.4 is 10.6 Å². The van der Waals surface area contributed by atoms with Crippen LogP contribution in [-0.4, -0.2) is 47.9 Å². The zero-order valence-electron chi connectivity index (χ0n) is 10.8. The van der Waals surface area contributed by atoms with Crippen molar-refractivity contribution in [2.75, 3.05) is 19.7 Å². The smallest absolute Gasteiger partial charge is 0.409 e. The Kier molecular flexibility index (Phi) is 4.63. The third kappa shape index (κ3) is 4.01. The van der Waals surface area contributed by atoms with Gasteiger partial charge in [0, 0.05) is 25.2 Å². The van der Waals surface area contributed by atoms with Crippen molar-refractivity contribution in [2.45, 2.75) is 44.7 Å². The lowest BCUT2D eigenvalue weighted by Gasteiger charge is -2.32. The summed E-state index contributed by atoms with van der Waals surface area (Å²) in [5.74, 6) is 0. The first-order valence-electron chi connectivity index (χ1n) is 6.67. The molecule has 0 atom stereocenters. The molecule has 5 nitrogen and oxygen atoms in total. The van der Waals surface area contributed by atoms with E-state index in [9.17, 15) is 4.79 Å². The van der Waals surface area contributed by atoms with Gasteiger partial charge < -0.3 is 20.3 Å². The van der Waals surface area contributed by atoms with Gasteiger partial charge in [0.05, 0.1) is 6.61 Å². The highest BCUT2D eigenvalue weighted by Crippen LogP contribution is 2.18. The number of nitrogens with zero attached hydrogens (tertiary/aromatic N) is 1. The molecule has 0 aromatic rings. The van der Waals surface area contributed by atoms with Crippen molar-refractivity contribution in [3.05, 3.63) is 0 Å². The molecule has 2 rings (SSSR count). The van der Waals surface area contributed by atoms with E-state index in [0.717, 1.165) is 31.0 Å². The zero-order valence-corrected chi connectivity index (χ0v) is 11.6. The van der Waals surface area contributed by atoms with Gasteiger partial charge in [-0.05, 0) is 44.8 Å². The summed E-state index contributed by atoms with van der Waals surface area (Å²) in [5.41, 5.74) is 0. The van der Waals surface area contributed by atoms with E-state index in [2.05, 4.69) is 10.6 Å². The molecule has 0 aromatic carbocycles. The first-order chi connectivity index (χ1) is 8.69. The Labute approximate surface area is 113 Å². The second-order valence-electron chi connectivity index (χ2n) is 4.85. The molecular weight excluding hydrogens is 250 g/mol. The van der Waals surface area contributed by atoms with Crippen LogP contribution in [0.5, 0.6) is 0 Å². The maximum Gasteiger partial charge on any atom is 0.409 e. The third-order valence-corrected chi connectivity index (χ3v) is 3.50. The molecule has 1 saturated heterocycles. The molecule has 102 valence electrons. The van der Waals surface area contributed by atoms with Gasteiger partial charge in [0.1, 0.15) is 0 Å². The van der Waals surface area contributed by atoms with Crippen molar-refractivity contribution < 1.29 is 9.53 Å². The molecule has 0 unspecified atom stereocenters. The first-order valence-corrected chi connectivity index (χ1v) is 7.08. The summed E-state index contributed by atoms with van der Waals surface area (Å²) in [6, 6.07) is 0.957. The number of nitrogens with one attached hydrogen (secondary N) is 2. The number of likely N-dealkylation sites (tertiary alicyclic amines) is 1. The summed E-state index contributed by atoms with van der Waals surface area (Å²) in [7, 11) is 0. The number of rotatable bonds is 3. The van der Waals surface area contributed by atoms with Gasteiger partial charge in [0.15, 0.2) is 5.11 Å². The molecule has 2 aliphatic rings. The zero-order chi connectivity index (χ0) is 13.0. The van der Waals surface area contributed by atoms with Crippen LogP contribution in [0.15, 0.2) is 0 Å². The predicted molar refractivity (Wildman–Crippen MR) is 73.5 cm³/mol. The van der Waals surface area contributed by atoms with E-state index in [1.807, 2.05) is 6.92 Å². The second kappa shape index (κ2) is 6.22. The average Bonchev–Trinajstić information content (AvgIpc) is 3.14. The molecule has 1 heterocycles. The van der Waals surface area contributed by atoms with Gasteiger partial charge >= 0.3 is 6.09 Å². The normalized spacial score (nSPS) is 20.4. The van der Waals surface area contributed by atoms with Crippen molar-refractivity contribution in [2.24, 2.45) is 0 Å². The van der Waals surface area contributed by atoms with E-state index >= 15 is 0 Å². The minimum absolute atomic E-state index is 0.199. The van der Waals surface area contributed by atoms with Gasteiger partial charge in [0.2, 0.25) is 0 Å². The summed E-state index contributed by atoms with van der Waals surface area (Å²) in [4.78, 5) is 13.3. The lowest BCUT2D eigenvalue weighted by molar-refractivity contribution is 0.0963. The summed E-state index contributed by atoms with van der Waals surface area (Å²) < 4.78 is 4.99. The molecule has 1 saturated carbocycles. The molecule has 1 aliphatic carbocycles. The van der Waals surface area contributed by atoms with Gasteiger partial charge in [-0.25, -0.2) is 4.79 Å². The predicted octanol–water partition coefficient (Wildman–Crippen LogP) is 1.23. The van der Waals surface area contributed by atoms with Gasteiger partial charge in [-0.1, -0.05) is 0 Å². The van der Waals surface area contributed by atoms with Crippen LogP contribution in [0.1, 0.15) is 32.6 Å². The standard InChI is InChI=1S/C12H21N3O2S/c1-2-17-12(16)15-7-5-10(6-8-15)14-11(18)13-9-3-4-9/h9-10H,2-8H2,1H3,(H2,13,14,18). The quantitative estimate of drug-likeness (QED) is 0.756. The van der Waals surface area contributed by atoms with E-state index in [-0.39, 0.29) is 6.09 Å². The summed E-state index contributed by atoms with van der Waals surface area (Å²) in [6.45, 7) is 3.74. The Bertz CT molecular complexity index is 312. The van der Waals surface area contributed by atoms with Crippen LogP contribution >= 0.6 is 12.2 Å². The molecule has 0 spiro atoms. The monoisotopic (exact) mass is 271 g/mol. The Balaban J connectivity index is 1.66. The molecule has 0 aromatic heterocycles. The number of ether oxygens (including phenoxy) is 1. The van der Waals surface area contributed by atoms with Crippen LogP contribution in [0.2, 0.25) is 0 Å². The van der Waals surface area contributed by atoms with Crippen molar-refractivity contribution >= 4 is 23.4 Å². The number of piperidine rings is 1. The summed E-state index contributed by atoms with van der Waals surface area (Å²) in [5, 5.41) is 7.35. The molecule has 2 N–H and O–H groups in total. The Morgan fingerprint density at radius 1 is 1.22 bits per heavy atom. The number of carbonyl (C=O) groups is 1. The van der Waals surface area contributed by atoms with E-state index in [1.54, 1.807) is 4.90 Å². The average molecular weight is 271 g/mol. The van der Waals surface area contributed by atoms with E-state index in [4.69, 9.17) is 17.0 Å².